The van der Waals surface area contributed by atoms with Gasteiger partial charge in [0, 0.05) is 25.4 Å². The van der Waals surface area contributed by atoms with Crippen LogP contribution in [0.5, 0.6) is 0 Å². The van der Waals surface area contributed by atoms with Gasteiger partial charge in [-0.2, -0.15) is 0 Å². The molecule has 1 atom stereocenters. The zero-order valence-electron chi connectivity index (χ0n) is 10.7. The Balaban J connectivity index is 0.000000232. The van der Waals surface area contributed by atoms with Gasteiger partial charge in [-0.05, 0) is 38.1 Å². The summed E-state index contributed by atoms with van der Waals surface area (Å²) in [5, 5.41) is 7.64. The summed E-state index contributed by atoms with van der Waals surface area (Å²) in [5.41, 5.74) is 1.36. The normalized spacial score (nSPS) is 18.9. The van der Waals surface area contributed by atoms with Crippen LogP contribution < -0.4 is 0 Å². The van der Waals surface area contributed by atoms with Crippen LogP contribution in [0.2, 0.25) is 0 Å². The van der Waals surface area contributed by atoms with E-state index in [1.54, 1.807) is 0 Å². The number of aliphatic carboxylic acids is 1. The fourth-order valence-corrected chi connectivity index (χ4v) is 1.90. The second-order valence-corrected chi connectivity index (χ2v) is 4.29. The Hall–Kier alpha value is -1.75. The molecule has 2 heterocycles. The van der Waals surface area contributed by atoms with E-state index < -0.39 is 11.8 Å². The van der Waals surface area contributed by atoms with Gasteiger partial charge in [-0.15, -0.1) is 0 Å². The number of hydrogen-bond donors (Lipinski definition) is 1. The van der Waals surface area contributed by atoms with E-state index in [-0.39, 0.29) is 0 Å². The fraction of sp³-hybridized carbons (Fsp3) is 0.462. The molecule has 0 amide bonds. The third-order valence-corrected chi connectivity index (χ3v) is 2.89. The molecule has 1 saturated heterocycles. The summed E-state index contributed by atoms with van der Waals surface area (Å²) in [6.07, 6.45) is 6.41. The first-order chi connectivity index (χ1) is 8.52. The quantitative estimate of drug-likeness (QED) is 0.806. The highest BCUT2D eigenvalue weighted by Crippen LogP contribution is 2.29. The van der Waals surface area contributed by atoms with Crippen LogP contribution in [0.1, 0.15) is 31.4 Å². The van der Waals surface area contributed by atoms with Crippen molar-refractivity contribution in [3.05, 3.63) is 30.1 Å². The Morgan fingerprint density at radius 2 is 2.17 bits per heavy atom. The smallest absolute Gasteiger partial charge is 0.371 e. The van der Waals surface area contributed by atoms with Gasteiger partial charge in [0.15, 0.2) is 0 Å². The first kappa shape index (κ1) is 14.3. The molecule has 1 aromatic rings. The van der Waals surface area contributed by atoms with Crippen molar-refractivity contribution >= 4 is 11.8 Å². The van der Waals surface area contributed by atoms with Crippen molar-refractivity contribution in [3.8, 4) is 0 Å². The predicted octanol–water partition coefficient (Wildman–Crippen LogP) is 1.51. The van der Waals surface area contributed by atoms with Crippen LogP contribution in [-0.2, 0) is 9.59 Å². The second-order valence-electron chi connectivity index (χ2n) is 4.29. The minimum atomic E-state index is -1.38. The number of nitrogens with zero attached hydrogens (tertiary/aromatic N) is 2. The van der Waals surface area contributed by atoms with Gasteiger partial charge in [-0.3, -0.25) is 14.7 Å². The standard InChI is InChI=1S/C10H14N2.C3H4O3/c1-12-7-3-5-10(12)9-4-2-6-11-8-9;1-2(4)3(5)6/h2,4,6,8,10H,3,5,7H2,1H3;1H3,(H,5,6)/t10-;/m0./s1. The lowest BCUT2D eigenvalue weighted by Crippen LogP contribution is -2.17. The van der Waals surface area contributed by atoms with Gasteiger partial charge in [0.05, 0.1) is 0 Å². The van der Waals surface area contributed by atoms with Crippen molar-refractivity contribution in [1.29, 1.82) is 0 Å². The Morgan fingerprint density at radius 1 is 1.50 bits per heavy atom. The highest BCUT2D eigenvalue weighted by Gasteiger charge is 2.21. The molecule has 1 N–H and O–H groups in total. The highest BCUT2D eigenvalue weighted by molar-refractivity contribution is 6.31. The number of carboxylic acid groups (broad SMARTS) is 1. The van der Waals surface area contributed by atoms with E-state index in [0.29, 0.717) is 6.04 Å². The summed E-state index contributed by atoms with van der Waals surface area (Å²) in [6, 6.07) is 4.79. The third-order valence-electron chi connectivity index (χ3n) is 2.89. The molecular formula is C13H18N2O3. The van der Waals surface area contributed by atoms with Crippen molar-refractivity contribution in [2.24, 2.45) is 0 Å². The van der Waals surface area contributed by atoms with Crippen LogP contribution in [0.25, 0.3) is 0 Å². The molecule has 0 unspecified atom stereocenters. The number of carbonyl (C=O) groups excluding carboxylic acids is 1. The van der Waals surface area contributed by atoms with Crippen LogP contribution in [0.3, 0.4) is 0 Å². The highest BCUT2D eigenvalue weighted by atomic mass is 16.4. The van der Waals surface area contributed by atoms with Gasteiger partial charge in [0.2, 0.25) is 5.78 Å². The van der Waals surface area contributed by atoms with Gasteiger partial charge >= 0.3 is 5.97 Å². The Kier molecular flexibility index (Phi) is 5.45. The summed E-state index contributed by atoms with van der Waals surface area (Å²) >= 11 is 0. The van der Waals surface area contributed by atoms with E-state index in [2.05, 4.69) is 23.0 Å². The molecule has 0 aromatic carbocycles. The van der Waals surface area contributed by atoms with Gasteiger partial charge in [0.1, 0.15) is 0 Å². The molecule has 1 aliphatic rings. The number of rotatable bonds is 2. The lowest BCUT2D eigenvalue weighted by atomic mass is 10.1. The average molecular weight is 250 g/mol. The molecule has 1 aliphatic heterocycles. The van der Waals surface area contributed by atoms with E-state index in [0.717, 1.165) is 6.92 Å². The lowest BCUT2D eigenvalue weighted by molar-refractivity contribution is -0.148. The largest absolute Gasteiger partial charge is 0.476 e. The lowest BCUT2D eigenvalue weighted by Gasteiger charge is -2.18. The number of carbonyl (C=O) groups is 2. The molecule has 0 aliphatic carbocycles. The summed E-state index contributed by atoms with van der Waals surface area (Å²) in [4.78, 5) is 25.4. The fourth-order valence-electron chi connectivity index (χ4n) is 1.90. The van der Waals surface area contributed by atoms with Crippen LogP contribution >= 0.6 is 0 Å². The Morgan fingerprint density at radius 3 is 2.56 bits per heavy atom. The number of hydrogen-bond acceptors (Lipinski definition) is 4. The molecule has 0 spiro atoms. The maximum Gasteiger partial charge on any atom is 0.371 e. The van der Waals surface area contributed by atoms with Gasteiger partial charge in [-0.1, -0.05) is 6.07 Å². The molecule has 0 saturated carbocycles. The zero-order valence-corrected chi connectivity index (χ0v) is 10.7. The summed E-state index contributed by atoms with van der Waals surface area (Å²) < 4.78 is 0. The molecule has 5 nitrogen and oxygen atoms in total. The van der Waals surface area contributed by atoms with E-state index in [4.69, 9.17) is 5.11 Å². The molecule has 5 heteroatoms. The summed E-state index contributed by atoms with van der Waals surface area (Å²) in [6.45, 7) is 2.22. The number of carboxylic acids is 1. The van der Waals surface area contributed by atoms with Crippen LogP contribution in [-0.4, -0.2) is 40.3 Å². The maximum absolute atomic E-state index is 9.54. The van der Waals surface area contributed by atoms with Gasteiger partial charge in [-0.25, -0.2) is 4.79 Å². The van der Waals surface area contributed by atoms with Crippen molar-refractivity contribution in [2.45, 2.75) is 25.8 Å². The van der Waals surface area contributed by atoms with Crippen LogP contribution in [0.15, 0.2) is 24.5 Å². The van der Waals surface area contributed by atoms with Gasteiger partial charge in [0.25, 0.3) is 0 Å². The molecule has 1 aromatic heterocycles. The van der Waals surface area contributed by atoms with Crippen LogP contribution in [0.4, 0.5) is 0 Å². The minimum absolute atomic E-state index is 0.610. The number of Topliss-reactive ketones (excluding diaryl/α,β-unsaturated/α-hetero) is 1. The number of likely N-dealkylation sites (tertiary alicyclic amines) is 1. The molecule has 0 radical (unpaired) electrons. The third kappa shape index (κ3) is 4.25. The Bertz CT molecular complexity index is 394. The first-order valence-electron chi connectivity index (χ1n) is 5.86. The van der Waals surface area contributed by atoms with Crippen molar-refractivity contribution in [2.75, 3.05) is 13.6 Å². The molecular weight excluding hydrogens is 232 g/mol. The zero-order chi connectivity index (χ0) is 13.5. The van der Waals surface area contributed by atoms with Crippen LogP contribution in [0, 0.1) is 0 Å². The van der Waals surface area contributed by atoms with Crippen molar-refractivity contribution in [3.63, 3.8) is 0 Å². The SMILES string of the molecule is CC(=O)C(=O)O.CN1CCC[C@H]1c1cccnc1. The summed E-state index contributed by atoms with van der Waals surface area (Å²) in [7, 11) is 2.19. The average Bonchev–Trinajstić information content (AvgIpc) is 2.77. The Labute approximate surface area is 106 Å². The first-order valence-corrected chi connectivity index (χ1v) is 5.86. The summed E-state index contributed by atoms with van der Waals surface area (Å²) in [5.74, 6) is -2.20. The van der Waals surface area contributed by atoms with E-state index in [9.17, 15) is 9.59 Å². The molecule has 18 heavy (non-hydrogen) atoms. The topological polar surface area (TPSA) is 70.5 Å². The minimum Gasteiger partial charge on any atom is -0.476 e. The van der Waals surface area contributed by atoms with E-state index >= 15 is 0 Å². The molecule has 98 valence electrons. The van der Waals surface area contributed by atoms with Crippen molar-refractivity contribution in [1.82, 2.24) is 9.88 Å². The molecule has 1 fully saturated rings. The molecule has 0 bridgehead atoms. The second kappa shape index (κ2) is 6.86. The number of aromatic nitrogens is 1. The van der Waals surface area contributed by atoms with Gasteiger partial charge < -0.3 is 5.11 Å². The van der Waals surface area contributed by atoms with E-state index in [1.165, 1.54) is 24.9 Å². The van der Waals surface area contributed by atoms with Crippen molar-refractivity contribution < 1.29 is 14.7 Å². The monoisotopic (exact) mass is 250 g/mol. The predicted molar refractivity (Wildman–Crippen MR) is 67.2 cm³/mol. The maximum atomic E-state index is 9.54. The molecule has 2 rings (SSSR count). The number of ketones is 1. The number of pyridine rings is 1. The van der Waals surface area contributed by atoms with E-state index in [1.807, 2.05) is 18.5 Å².